The van der Waals surface area contributed by atoms with Gasteiger partial charge in [-0.1, -0.05) is 24.3 Å². The summed E-state index contributed by atoms with van der Waals surface area (Å²) in [5.41, 5.74) is 0.957. The topological polar surface area (TPSA) is 64.0 Å². The Morgan fingerprint density at radius 2 is 2.00 bits per heavy atom. The monoisotopic (exact) mass is 341 g/mol. The van der Waals surface area contributed by atoms with Crippen molar-refractivity contribution in [3.05, 3.63) is 54.9 Å². The summed E-state index contributed by atoms with van der Waals surface area (Å²) < 4.78 is 28.1. The molecule has 1 aliphatic rings. The van der Waals surface area contributed by atoms with Crippen molar-refractivity contribution in [3.63, 3.8) is 0 Å². The zero-order valence-corrected chi connectivity index (χ0v) is 14.0. The van der Waals surface area contributed by atoms with Gasteiger partial charge < -0.3 is 9.88 Å². The molecule has 3 aromatic rings. The lowest BCUT2D eigenvalue weighted by Gasteiger charge is -2.10. The van der Waals surface area contributed by atoms with Crippen LogP contribution in [0, 0.1) is 5.92 Å². The van der Waals surface area contributed by atoms with Crippen molar-refractivity contribution in [2.24, 2.45) is 5.92 Å². The predicted molar refractivity (Wildman–Crippen MR) is 92.6 cm³/mol. The van der Waals surface area contributed by atoms with Crippen LogP contribution in [0.2, 0.25) is 0 Å². The normalized spacial score (nSPS) is 18.2. The molecule has 1 atom stereocenters. The lowest BCUT2D eigenvalue weighted by Crippen LogP contribution is -2.14. The molecule has 1 aromatic carbocycles. The Balaban J connectivity index is 1.84. The standard InChI is InChI=1S/C18H19N3O2S/c22-24(23,18-7-3-4-9-20-18)17-13-21(12-14-8-10-19-11-14)16-6-2-1-5-15(16)17/h1-7,9,13-14,19H,8,10-12H2. The predicted octanol–water partition coefficient (Wildman–Crippen LogP) is 2.48. The highest BCUT2D eigenvalue weighted by Crippen LogP contribution is 2.30. The fourth-order valence-electron chi connectivity index (χ4n) is 3.35. The number of pyridine rings is 1. The molecule has 4 rings (SSSR count). The molecule has 0 radical (unpaired) electrons. The van der Waals surface area contributed by atoms with Gasteiger partial charge in [0.1, 0.15) is 0 Å². The summed E-state index contributed by atoms with van der Waals surface area (Å²) in [6, 6.07) is 12.6. The molecule has 0 amide bonds. The number of sulfone groups is 1. The Hall–Kier alpha value is -2.18. The Bertz CT molecular complexity index is 958. The van der Waals surface area contributed by atoms with E-state index in [4.69, 9.17) is 0 Å². The molecule has 5 nitrogen and oxygen atoms in total. The molecule has 1 unspecified atom stereocenters. The van der Waals surface area contributed by atoms with Gasteiger partial charge in [-0.15, -0.1) is 0 Å². The quantitative estimate of drug-likeness (QED) is 0.792. The van der Waals surface area contributed by atoms with Crippen LogP contribution < -0.4 is 5.32 Å². The van der Waals surface area contributed by atoms with Gasteiger partial charge in [0.25, 0.3) is 0 Å². The molecule has 1 fully saturated rings. The Labute approximate surface area is 141 Å². The van der Waals surface area contributed by atoms with E-state index in [0.717, 1.165) is 37.0 Å². The smallest absolute Gasteiger partial charge is 0.225 e. The number of aromatic nitrogens is 2. The minimum Gasteiger partial charge on any atom is -0.346 e. The summed E-state index contributed by atoms with van der Waals surface area (Å²) in [6.45, 7) is 2.84. The van der Waals surface area contributed by atoms with E-state index in [1.165, 1.54) is 6.20 Å². The van der Waals surface area contributed by atoms with E-state index in [9.17, 15) is 8.42 Å². The van der Waals surface area contributed by atoms with E-state index in [1.807, 2.05) is 24.3 Å². The Morgan fingerprint density at radius 3 is 2.75 bits per heavy atom. The van der Waals surface area contributed by atoms with Crippen LogP contribution in [-0.2, 0) is 16.4 Å². The number of rotatable bonds is 4. The molecule has 0 bridgehead atoms. The number of fused-ring (bicyclic) bond motifs is 1. The van der Waals surface area contributed by atoms with Gasteiger partial charge in [0.05, 0.1) is 4.90 Å². The first-order valence-corrected chi connectivity index (χ1v) is 9.59. The van der Waals surface area contributed by atoms with Crippen molar-refractivity contribution < 1.29 is 8.42 Å². The molecule has 3 heterocycles. The van der Waals surface area contributed by atoms with Crippen LogP contribution in [0.4, 0.5) is 0 Å². The second-order valence-electron chi connectivity index (χ2n) is 6.19. The second kappa shape index (κ2) is 6.03. The highest BCUT2D eigenvalue weighted by atomic mass is 32.2. The van der Waals surface area contributed by atoms with Gasteiger partial charge in [-0.3, -0.25) is 0 Å². The number of nitrogens with one attached hydrogen (secondary N) is 1. The van der Waals surface area contributed by atoms with Crippen LogP contribution in [0.3, 0.4) is 0 Å². The summed E-state index contributed by atoms with van der Waals surface area (Å²) >= 11 is 0. The average Bonchev–Trinajstić information content (AvgIpc) is 3.25. The molecule has 1 saturated heterocycles. The van der Waals surface area contributed by atoms with Gasteiger partial charge in [0.2, 0.25) is 9.84 Å². The number of benzene rings is 1. The molecular formula is C18H19N3O2S. The SMILES string of the molecule is O=S(=O)(c1ccccn1)c1cn(CC2CCNC2)c2ccccc12. The molecule has 0 spiro atoms. The average molecular weight is 341 g/mol. The van der Waals surface area contributed by atoms with Gasteiger partial charge >= 0.3 is 0 Å². The van der Waals surface area contributed by atoms with Crippen LogP contribution in [0.25, 0.3) is 10.9 Å². The first-order chi connectivity index (χ1) is 11.7. The van der Waals surface area contributed by atoms with Gasteiger partial charge in [-0.05, 0) is 43.6 Å². The molecule has 0 aliphatic carbocycles. The van der Waals surface area contributed by atoms with Crippen molar-refractivity contribution in [1.29, 1.82) is 0 Å². The fraction of sp³-hybridized carbons (Fsp3) is 0.278. The first-order valence-electron chi connectivity index (χ1n) is 8.11. The molecule has 124 valence electrons. The third-order valence-corrected chi connectivity index (χ3v) is 6.27. The highest BCUT2D eigenvalue weighted by molar-refractivity contribution is 7.91. The maximum Gasteiger partial charge on any atom is 0.225 e. The third-order valence-electron chi connectivity index (χ3n) is 4.57. The largest absolute Gasteiger partial charge is 0.346 e. The second-order valence-corrected chi connectivity index (χ2v) is 8.06. The highest BCUT2D eigenvalue weighted by Gasteiger charge is 2.25. The molecule has 1 N–H and O–H groups in total. The van der Waals surface area contributed by atoms with Crippen molar-refractivity contribution in [2.75, 3.05) is 13.1 Å². The van der Waals surface area contributed by atoms with Crippen molar-refractivity contribution in [2.45, 2.75) is 22.9 Å². The molecule has 6 heteroatoms. The third kappa shape index (κ3) is 2.61. The zero-order chi connectivity index (χ0) is 16.6. The molecule has 1 aliphatic heterocycles. The lowest BCUT2D eigenvalue weighted by atomic mass is 10.1. The van der Waals surface area contributed by atoms with E-state index >= 15 is 0 Å². The summed E-state index contributed by atoms with van der Waals surface area (Å²) in [5.74, 6) is 0.534. The van der Waals surface area contributed by atoms with E-state index in [-0.39, 0.29) is 5.03 Å². The summed E-state index contributed by atoms with van der Waals surface area (Å²) in [7, 11) is -3.63. The fourth-order valence-corrected chi connectivity index (χ4v) is 4.76. The van der Waals surface area contributed by atoms with Crippen LogP contribution in [0.5, 0.6) is 0 Å². The summed E-state index contributed by atoms with van der Waals surface area (Å²) in [4.78, 5) is 4.37. The lowest BCUT2D eigenvalue weighted by molar-refractivity contribution is 0.489. The summed E-state index contributed by atoms with van der Waals surface area (Å²) in [6.07, 6.45) is 4.40. The van der Waals surface area contributed by atoms with Crippen LogP contribution in [-0.4, -0.2) is 31.1 Å². The molecule has 24 heavy (non-hydrogen) atoms. The minimum atomic E-state index is -3.63. The van der Waals surface area contributed by atoms with Gasteiger partial charge in [0.15, 0.2) is 5.03 Å². The van der Waals surface area contributed by atoms with Gasteiger partial charge in [0, 0.05) is 29.8 Å². The Morgan fingerprint density at radius 1 is 1.17 bits per heavy atom. The maximum absolute atomic E-state index is 13.0. The maximum atomic E-state index is 13.0. The molecule has 2 aromatic heterocycles. The van der Waals surface area contributed by atoms with E-state index < -0.39 is 9.84 Å². The number of hydrogen-bond acceptors (Lipinski definition) is 4. The van der Waals surface area contributed by atoms with Crippen molar-refractivity contribution in [3.8, 4) is 0 Å². The van der Waals surface area contributed by atoms with E-state index in [1.54, 1.807) is 24.4 Å². The number of nitrogens with zero attached hydrogens (tertiary/aromatic N) is 2. The van der Waals surface area contributed by atoms with Crippen LogP contribution in [0.15, 0.2) is 64.8 Å². The van der Waals surface area contributed by atoms with Gasteiger partial charge in [-0.25, -0.2) is 13.4 Å². The van der Waals surface area contributed by atoms with Crippen molar-refractivity contribution >= 4 is 20.7 Å². The van der Waals surface area contributed by atoms with E-state index in [0.29, 0.717) is 10.8 Å². The summed E-state index contributed by atoms with van der Waals surface area (Å²) in [5, 5.41) is 4.21. The van der Waals surface area contributed by atoms with Crippen molar-refractivity contribution in [1.82, 2.24) is 14.9 Å². The zero-order valence-electron chi connectivity index (χ0n) is 13.2. The molecule has 0 saturated carbocycles. The minimum absolute atomic E-state index is 0.0930. The van der Waals surface area contributed by atoms with Crippen LogP contribution in [0.1, 0.15) is 6.42 Å². The number of para-hydroxylation sites is 1. The number of hydrogen-bond donors (Lipinski definition) is 1. The molecular weight excluding hydrogens is 322 g/mol. The van der Waals surface area contributed by atoms with E-state index in [2.05, 4.69) is 14.9 Å². The van der Waals surface area contributed by atoms with Gasteiger partial charge in [-0.2, -0.15) is 0 Å². The Kier molecular flexibility index (Phi) is 3.86. The van der Waals surface area contributed by atoms with Crippen LogP contribution >= 0.6 is 0 Å². The first kappa shape index (κ1) is 15.4.